The molecule has 2 heterocycles. The number of rotatable bonds is 7. The van der Waals surface area contributed by atoms with Crippen molar-refractivity contribution in [1.29, 1.82) is 5.26 Å². The Bertz CT molecular complexity index is 1130. The molecule has 0 radical (unpaired) electrons. The number of benzene rings is 1. The molecule has 2 aliphatic heterocycles. The van der Waals surface area contributed by atoms with Crippen LogP contribution in [0.15, 0.2) is 48.2 Å². The van der Waals surface area contributed by atoms with Crippen LogP contribution in [0.4, 0.5) is 23.2 Å². The normalized spacial score (nSPS) is 19.6. The van der Waals surface area contributed by atoms with Crippen molar-refractivity contribution in [2.75, 3.05) is 24.1 Å². The molecule has 1 saturated heterocycles. The Hall–Kier alpha value is -2.84. The highest BCUT2D eigenvalue weighted by molar-refractivity contribution is 7.92. The van der Waals surface area contributed by atoms with Crippen LogP contribution in [0.2, 0.25) is 0 Å². The standard InChI is InChI=1S/C22H24F4N4O2S/c1-3-6-16-7-8-19(22(24,25)26)30(21(16)29-9-4-5-10-29)14-15-11-17(13-27)20(18(23)12-15)28-33(2,31)32/h3,7-8,11-12,21,28H,1,4-6,9-10,14H2,2H3. The van der Waals surface area contributed by atoms with Gasteiger partial charge in [0, 0.05) is 19.6 Å². The summed E-state index contributed by atoms with van der Waals surface area (Å²) >= 11 is 0. The van der Waals surface area contributed by atoms with Crippen LogP contribution in [0.1, 0.15) is 30.4 Å². The number of nitriles is 1. The van der Waals surface area contributed by atoms with Crippen molar-refractivity contribution >= 4 is 15.7 Å². The molecule has 1 unspecified atom stereocenters. The van der Waals surface area contributed by atoms with Gasteiger partial charge in [0.25, 0.3) is 0 Å². The fourth-order valence-electron chi connectivity index (χ4n) is 4.21. The predicted molar refractivity (Wildman–Crippen MR) is 117 cm³/mol. The van der Waals surface area contributed by atoms with Gasteiger partial charge in [-0.1, -0.05) is 12.2 Å². The highest BCUT2D eigenvalue weighted by Crippen LogP contribution is 2.39. The third-order valence-corrected chi connectivity index (χ3v) is 6.03. The minimum absolute atomic E-state index is 0.113. The monoisotopic (exact) mass is 484 g/mol. The van der Waals surface area contributed by atoms with Gasteiger partial charge in [-0.15, -0.1) is 6.58 Å². The fourth-order valence-corrected chi connectivity index (χ4v) is 4.79. The Morgan fingerprint density at radius 1 is 1.27 bits per heavy atom. The maximum Gasteiger partial charge on any atom is 0.431 e. The van der Waals surface area contributed by atoms with Crippen molar-refractivity contribution in [3.8, 4) is 6.07 Å². The summed E-state index contributed by atoms with van der Waals surface area (Å²) in [6.07, 6.45) is 1.65. The number of alkyl halides is 3. The van der Waals surface area contributed by atoms with Crippen molar-refractivity contribution < 1.29 is 26.0 Å². The first-order valence-electron chi connectivity index (χ1n) is 10.2. The van der Waals surface area contributed by atoms with E-state index in [1.807, 2.05) is 9.62 Å². The average Bonchev–Trinajstić information content (AvgIpc) is 3.22. The molecule has 33 heavy (non-hydrogen) atoms. The maximum absolute atomic E-state index is 14.7. The van der Waals surface area contributed by atoms with Crippen LogP contribution in [0.25, 0.3) is 0 Å². The van der Waals surface area contributed by atoms with E-state index >= 15 is 0 Å². The summed E-state index contributed by atoms with van der Waals surface area (Å²) in [6, 6.07) is 3.87. The molecular formula is C22H24F4N4O2S. The van der Waals surface area contributed by atoms with Gasteiger partial charge < -0.3 is 4.90 Å². The van der Waals surface area contributed by atoms with E-state index in [2.05, 4.69) is 6.58 Å². The van der Waals surface area contributed by atoms with E-state index in [4.69, 9.17) is 0 Å². The second-order valence-electron chi connectivity index (χ2n) is 8.01. The van der Waals surface area contributed by atoms with E-state index in [9.17, 15) is 31.2 Å². The van der Waals surface area contributed by atoms with Crippen LogP contribution in [0.5, 0.6) is 0 Å². The van der Waals surface area contributed by atoms with Crippen molar-refractivity contribution in [2.24, 2.45) is 0 Å². The lowest BCUT2D eigenvalue weighted by molar-refractivity contribution is -0.121. The third kappa shape index (κ3) is 5.75. The maximum atomic E-state index is 14.7. The summed E-state index contributed by atoms with van der Waals surface area (Å²) in [5.74, 6) is -1.04. The van der Waals surface area contributed by atoms with Gasteiger partial charge in [0.05, 0.1) is 11.8 Å². The summed E-state index contributed by atoms with van der Waals surface area (Å²) < 4.78 is 81.6. The van der Waals surface area contributed by atoms with Gasteiger partial charge in [-0.25, -0.2) is 12.8 Å². The summed E-state index contributed by atoms with van der Waals surface area (Å²) in [4.78, 5) is 3.12. The van der Waals surface area contributed by atoms with Crippen molar-refractivity contribution in [3.63, 3.8) is 0 Å². The number of sulfonamides is 1. The Morgan fingerprint density at radius 3 is 2.48 bits per heavy atom. The molecule has 0 aromatic heterocycles. The number of allylic oxidation sites excluding steroid dienone is 4. The lowest BCUT2D eigenvalue weighted by Crippen LogP contribution is -2.51. The van der Waals surface area contributed by atoms with Gasteiger partial charge in [0.1, 0.15) is 29.4 Å². The Balaban J connectivity index is 2.06. The van der Waals surface area contributed by atoms with Gasteiger partial charge in [-0.2, -0.15) is 18.4 Å². The molecule has 2 aliphatic rings. The molecule has 1 aromatic carbocycles. The van der Waals surface area contributed by atoms with Gasteiger partial charge in [0.2, 0.25) is 10.0 Å². The fraction of sp³-hybridized carbons (Fsp3) is 0.409. The SMILES string of the molecule is C=CCC1=CC=C(C(F)(F)F)N(Cc2cc(F)c(NS(C)(=O)=O)c(C#N)c2)C1N1CCCC1. The van der Waals surface area contributed by atoms with Crippen LogP contribution in [-0.4, -0.2) is 49.9 Å². The third-order valence-electron chi connectivity index (χ3n) is 5.46. The van der Waals surface area contributed by atoms with E-state index in [0.717, 1.165) is 36.8 Å². The van der Waals surface area contributed by atoms with Crippen molar-refractivity contribution in [3.05, 3.63) is 65.2 Å². The second kappa shape index (κ2) is 9.57. The number of hydrogen-bond acceptors (Lipinski definition) is 5. The molecular weight excluding hydrogens is 460 g/mol. The van der Waals surface area contributed by atoms with E-state index < -0.39 is 39.6 Å². The number of nitrogens with zero attached hydrogens (tertiary/aromatic N) is 3. The Morgan fingerprint density at radius 2 is 1.94 bits per heavy atom. The molecule has 6 nitrogen and oxygen atoms in total. The number of nitrogens with one attached hydrogen (secondary N) is 1. The smallest absolute Gasteiger partial charge is 0.344 e. The molecule has 1 N–H and O–H groups in total. The average molecular weight is 485 g/mol. The minimum Gasteiger partial charge on any atom is -0.344 e. The van der Waals surface area contributed by atoms with Crippen LogP contribution < -0.4 is 4.72 Å². The molecule has 1 aromatic rings. The molecule has 0 aliphatic carbocycles. The molecule has 0 saturated carbocycles. The molecule has 1 fully saturated rings. The predicted octanol–water partition coefficient (Wildman–Crippen LogP) is 4.26. The number of anilines is 1. The van der Waals surface area contributed by atoms with Gasteiger partial charge >= 0.3 is 6.18 Å². The van der Waals surface area contributed by atoms with Crippen LogP contribution in [-0.2, 0) is 16.6 Å². The topological polar surface area (TPSA) is 76.4 Å². The zero-order chi connectivity index (χ0) is 24.4. The van der Waals surface area contributed by atoms with E-state index in [1.54, 1.807) is 12.1 Å². The first-order chi connectivity index (χ1) is 15.4. The van der Waals surface area contributed by atoms with E-state index in [0.29, 0.717) is 19.5 Å². The van der Waals surface area contributed by atoms with Gasteiger partial charge in [-0.3, -0.25) is 9.62 Å². The first-order valence-corrected chi connectivity index (χ1v) is 12.1. The number of likely N-dealkylation sites (tertiary alicyclic amines) is 1. The summed E-state index contributed by atoms with van der Waals surface area (Å²) in [7, 11) is -3.87. The summed E-state index contributed by atoms with van der Waals surface area (Å²) in [6.45, 7) is 4.62. The lowest BCUT2D eigenvalue weighted by Gasteiger charge is -2.44. The first kappa shape index (κ1) is 24.8. The van der Waals surface area contributed by atoms with Crippen molar-refractivity contribution in [1.82, 2.24) is 9.80 Å². The van der Waals surface area contributed by atoms with E-state index in [1.165, 1.54) is 17.0 Å². The Labute approximate surface area is 190 Å². The summed E-state index contributed by atoms with van der Waals surface area (Å²) in [5, 5.41) is 9.40. The Kier molecular flexibility index (Phi) is 7.19. The quantitative estimate of drug-likeness (QED) is 0.463. The van der Waals surface area contributed by atoms with Crippen molar-refractivity contribution in [2.45, 2.75) is 38.1 Å². The molecule has 0 spiro atoms. The molecule has 3 rings (SSSR count). The molecule has 11 heteroatoms. The van der Waals surface area contributed by atoms with Crippen LogP contribution in [0.3, 0.4) is 0 Å². The molecule has 1 atom stereocenters. The minimum atomic E-state index is -4.65. The highest BCUT2D eigenvalue weighted by atomic mass is 32.2. The molecule has 0 amide bonds. The molecule has 178 valence electrons. The molecule has 0 bridgehead atoms. The largest absolute Gasteiger partial charge is 0.431 e. The summed E-state index contributed by atoms with van der Waals surface area (Å²) in [5.41, 5.74) is -0.870. The zero-order valence-corrected chi connectivity index (χ0v) is 18.8. The zero-order valence-electron chi connectivity index (χ0n) is 18.0. The van der Waals surface area contributed by atoms with Crippen LogP contribution >= 0.6 is 0 Å². The van der Waals surface area contributed by atoms with Crippen LogP contribution in [0, 0.1) is 17.1 Å². The number of halogens is 4. The van der Waals surface area contributed by atoms with Gasteiger partial charge in [0.15, 0.2) is 0 Å². The second-order valence-corrected chi connectivity index (χ2v) is 9.76. The highest BCUT2D eigenvalue weighted by Gasteiger charge is 2.44. The number of hydrogen-bond donors (Lipinski definition) is 1. The van der Waals surface area contributed by atoms with Gasteiger partial charge in [-0.05, 0) is 48.6 Å². The van der Waals surface area contributed by atoms with E-state index in [-0.39, 0.29) is 17.7 Å². The lowest BCUT2D eigenvalue weighted by atomic mass is 10.00.